The Morgan fingerprint density at radius 2 is 1.83 bits per heavy atom. The number of carboxylic acids is 1. The summed E-state index contributed by atoms with van der Waals surface area (Å²) >= 11 is 0. The quantitative estimate of drug-likeness (QED) is 0.813. The Morgan fingerprint density at radius 1 is 1.13 bits per heavy atom. The number of hydrogen-bond donors (Lipinski definition) is 2. The standard InChI is InChI=1S/C17H19NO5/c1-22-11-5-6-12(13(8-11)23-2)18-16(19)14-9-3-4-10(7-9)15(14)17(20)21/h3-6,8-10,14-15H,7H2,1-2H3,(H,18,19)(H,20,21)/t9-,10-,14+,15-/m0/s1. The van der Waals surface area contributed by atoms with Crippen molar-refractivity contribution >= 4 is 17.6 Å². The second kappa shape index (κ2) is 5.95. The van der Waals surface area contributed by atoms with Crippen molar-refractivity contribution in [3.63, 3.8) is 0 Å². The molecule has 0 unspecified atom stereocenters. The van der Waals surface area contributed by atoms with E-state index < -0.39 is 17.8 Å². The van der Waals surface area contributed by atoms with E-state index in [2.05, 4.69) is 5.32 Å². The van der Waals surface area contributed by atoms with Crippen molar-refractivity contribution in [2.45, 2.75) is 6.42 Å². The van der Waals surface area contributed by atoms with Gasteiger partial charge in [-0.3, -0.25) is 9.59 Å². The van der Waals surface area contributed by atoms with Crippen LogP contribution in [0.15, 0.2) is 30.4 Å². The summed E-state index contributed by atoms with van der Waals surface area (Å²) in [4.78, 5) is 24.2. The highest BCUT2D eigenvalue weighted by Crippen LogP contribution is 2.48. The van der Waals surface area contributed by atoms with Gasteiger partial charge in [-0.15, -0.1) is 0 Å². The molecule has 122 valence electrons. The number of nitrogens with one attached hydrogen (secondary N) is 1. The van der Waals surface area contributed by atoms with Gasteiger partial charge in [0.05, 0.1) is 31.7 Å². The van der Waals surface area contributed by atoms with Crippen molar-refractivity contribution in [2.24, 2.45) is 23.7 Å². The van der Waals surface area contributed by atoms with Gasteiger partial charge in [0, 0.05) is 6.07 Å². The molecular weight excluding hydrogens is 298 g/mol. The van der Waals surface area contributed by atoms with E-state index in [1.165, 1.54) is 7.11 Å². The third-order valence-electron chi connectivity index (χ3n) is 4.71. The fraction of sp³-hybridized carbons (Fsp3) is 0.412. The van der Waals surface area contributed by atoms with E-state index in [0.717, 1.165) is 6.42 Å². The predicted octanol–water partition coefficient (Wildman–Crippen LogP) is 2.17. The summed E-state index contributed by atoms with van der Waals surface area (Å²) < 4.78 is 10.4. The first-order valence-electron chi connectivity index (χ1n) is 7.49. The lowest BCUT2D eigenvalue weighted by atomic mass is 9.82. The molecule has 23 heavy (non-hydrogen) atoms. The number of methoxy groups -OCH3 is 2. The maximum absolute atomic E-state index is 12.6. The summed E-state index contributed by atoms with van der Waals surface area (Å²) in [6.45, 7) is 0. The van der Waals surface area contributed by atoms with Gasteiger partial charge in [0.2, 0.25) is 5.91 Å². The van der Waals surface area contributed by atoms with Gasteiger partial charge in [0.15, 0.2) is 0 Å². The Bertz CT molecular complexity index is 669. The Balaban J connectivity index is 1.82. The summed E-state index contributed by atoms with van der Waals surface area (Å²) in [5.74, 6) is -1.37. The van der Waals surface area contributed by atoms with Gasteiger partial charge in [-0.25, -0.2) is 0 Å². The molecule has 6 heteroatoms. The molecule has 4 atom stereocenters. The molecule has 1 saturated carbocycles. The van der Waals surface area contributed by atoms with Crippen LogP contribution in [0.3, 0.4) is 0 Å². The molecule has 2 aliphatic carbocycles. The minimum absolute atomic E-state index is 0.00894. The molecule has 0 radical (unpaired) electrons. The molecule has 1 aromatic rings. The first kappa shape index (κ1) is 15.4. The van der Waals surface area contributed by atoms with Crippen LogP contribution in [0.1, 0.15) is 6.42 Å². The van der Waals surface area contributed by atoms with Crippen LogP contribution in [-0.4, -0.2) is 31.2 Å². The van der Waals surface area contributed by atoms with E-state index in [1.807, 2.05) is 12.2 Å². The summed E-state index contributed by atoms with van der Waals surface area (Å²) in [5, 5.41) is 12.2. The number of allylic oxidation sites excluding steroid dienone is 2. The highest BCUT2D eigenvalue weighted by Gasteiger charge is 2.51. The molecule has 2 N–H and O–H groups in total. The molecule has 0 aromatic heterocycles. The van der Waals surface area contributed by atoms with Gasteiger partial charge < -0.3 is 19.9 Å². The second-order valence-corrected chi connectivity index (χ2v) is 5.89. The summed E-state index contributed by atoms with van der Waals surface area (Å²) in [5.41, 5.74) is 0.509. The summed E-state index contributed by atoms with van der Waals surface area (Å²) in [7, 11) is 3.05. The number of ether oxygens (including phenoxy) is 2. The average Bonchev–Trinajstić information content (AvgIpc) is 3.16. The lowest BCUT2D eigenvalue weighted by Crippen LogP contribution is -2.36. The Hall–Kier alpha value is -2.50. The third kappa shape index (κ3) is 2.65. The van der Waals surface area contributed by atoms with Crippen LogP contribution in [0.4, 0.5) is 5.69 Å². The number of aliphatic carboxylic acids is 1. The van der Waals surface area contributed by atoms with Crippen LogP contribution in [0.2, 0.25) is 0 Å². The molecule has 0 saturated heterocycles. The van der Waals surface area contributed by atoms with Crippen LogP contribution in [0.5, 0.6) is 11.5 Å². The van der Waals surface area contributed by atoms with Gasteiger partial charge in [-0.05, 0) is 30.4 Å². The number of carbonyl (C=O) groups is 2. The predicted molar refractivity (Wildman–Crippen MR) is 83.5 cm³/mol. The van der Waals surface area contributed by atoms with E-state index in [1.54, 1.807) is 25.3 Å². The maximum atomic E-state index is 12.6. The first-order chi connectivity index (χ1) is 11.0. The molecule has 3 rings (SSSR count). The van der Waals surface area contributed by atoms with Crippen molar-refractivity contribution in [3.05, 3.63) is 30.4 Å². The minimum Gasteiger partial charge on any atom is -0.497 e. The van der Waals surface area contributed by atoms with Crippen molar-refractivity contribution in [3.8, 4) is 11.5 Å². The molecular formula is C17H19NO5. The van der Waals surface area contributed by atoms with Gasteiger partial charge in [0.25, 0.3) is 0 Å². The molecule has 0 heterocycles. The first-order valence-corrected chi connectivity index (χ1v) is 7.49. The normalized spacial score (nSPS) is 27.7. The SMILES string of the molecule is COc1ccc(NC(=O)[C@H]2[C@@H](C(=O)O)[C@H]3C=C[C@H]2C3)c(OC)c1. The van der Waals surface area contributed by atoms with Gasteiger partial charge in [-0.1, -0.05) is 12.2 Å². The molecule has 6 nitrogen and oxygen atoms in total. The highest BCUT2D eigenvalue weighted by atomic mass is 16.5. The fourth-order valence-electron chi connectivity index (χ4n) is 3.63. The highest BCUT2D eigenvalue weighted by molar-refractivity contribution is 5.97. The number of amides is 1. The maximum Gasteiger partial charge on any atom is 0.307 e. The number of hydrogen-bond acceptors (Lipinski definition) is 4. The van der Waals surface area contributed by atoms with Crippen molar-refractivity contribution < 1.29 is 24.2 Å². The number of rotatable bonds is 5. The van der Waals surface area contributed by atoms with Crippen LogP contribution >= 0.6 is 0 Å². The van der Waals surface area contributed by atoms with Crippen LogP contribution in [0.25, 0.3) is 0 Å². The second-order valence-electron chi connectivity index (χ2n) is 5.89. The monoisotopic (exact) mass is 317 g/mol. The number of benzene rings is 1. The Morgan fingerprint density at radius 3 is 2.43 bits per heavy atom. The molecule has 2 aliphatic rings. The number of fused-ring (bicyclic) bond motifs is 2. The van der Waals surface area contributed by atoms with Crippen molar-refractivity contribution in [1.82, 2.24) is 0 Å². The fourth-order valence-corrected chi connectivity index (χ4v) is 3.63. The van der Waals surface area contributed by atoms with Crippen molar-refractivity contribution in [2.75, 3.05) is 19.5 Å². The molecule has 1 aromatic carbocycles. The number of carbonyl (C=O) groups excluding carboxylic acids is 1. The minimum atomic E-state index is -0.913. The molecule has 2 bridgehead atoms. The number of anilines is 1. The largest absolute Gasteiger partial charge is 0.497 e. The smallest absolute Gasteiger partial charge is 0.307 e. The zero-order valence-corrected chi connectivity index (χ0v) is 13.0. The summed E-state index contributed by atoms with van der Waals surface area (Å²) in [6.07, 6.45) is 4.61. The average molecular weight is 317 g/mol. The molecule has 1 amide bonds. The Kier molecular flexibility index (Phi) is 3.98. The van der Waals surface area contributed by atoms with E-state index >= 15 is 0 Å². The zero-order valence-electron chi connectivity index (χ0n) is 13.0. The van der Waals surface area contributed by atoms with Crippen LogP contribution in [-0.2, 0) is 9.59 Å². The van der Waals surface area contributed by atoms with Gasteiger partial charge in [0.1, 0.15) is 11.5 Å². The molecule has 0 aliphatic heterocycles. The topological polar surface area (TPSA) is 84.9 Å². The van der Waals surface area contributed by atoms with Gasteiger partial charge >= 0.3 is 5.97 Å². The van der Waals surface area contributed by atoms with Gasteiger partial charge in [-0.2, -0.15) is 0 Å². The third-order valence-corrected chi connectivity index (χ3v) is 4.71. The molecule has 0 spiro atoms. The summed E-state index contributed by atoms with van der Waals surface area (Å²) in [6, 6.07) is 5.08. The van der Waals surface area contributed by atoms with E-state index in [0.29, 0.717) is 17.2 Å². The van der Waals surface area contributed by atoms with E-state index in [4.69, 9.17) is 9.47 Å². The lowest BCUT2D eigenvalue weighted by molar-refractivity contribution is -0.146. The lowest BCUT2D eigenvalue weighted by Gasteiger charge is -2.24. The number of carboxylic acid groups (broad SMARTS) is 1. The molecule has 1 fully saturated rings. The Labute approximate surface area is 134 Å². The van der Waals surface area contributed by atoms with Crippen LogP contribution in [0, 0.1) is 23.7 Å². The van der Waals surface area contributed by atoms with Crippen LogP contribution < -0.4 is 14.8 Å². The van der Waals surface area contributed by atoms with Crippen molar-refractivity contribution in [1.29, 1.82) is 0 Å². The zero-order chi connectivity index (χ0) is 16.6. The van der Waals surface area contributed by atoms with E-state index in [-0.39, 0.29) is 17.7 Å². The van der Waals surface area contributed by atoms with E-state index in [9.17, 15) is 14.7 Å².